The van der Waals surface area contributed by atoms with Gasteiger partial charge in [-0.25, -0.2) is 0 Å². The molecule has 4 rings (SSSR count). The van der Waals surface area contributed by atoms with E-state index in [4.69, 9.17) is 9.15 Å². The zero-order valence-electron chi connectivity index (χ0n) is 15.4. The first-order chi connectivity index (χ1) is 13.0. The van der Waals surface area contributed by atoms with E-state index in [-0.39, 0.29) is 17.8 Å². The molecule has 1 aliphatic rings. The molecule has 1 N–H and O–H groups in total. The number of benzene rings is 2. The molecule has 3 aromatic rings. The van der Waals surface area contributed by atoms with Crippen molar-refractivity contribution in [2.24, 2.45) is 0 Å². The van der Waals surface area contributed by atoms with Gasteiger partial charge in [0.25, 0.3) is 5.91 Å². The average Bonchev–Trinajstić information content (AvgIpc) is 3.31. The number of carbonyl (C=O) groups excluding carboxylic acids is 2. The average molecular weight is 363 g/mol. The Kier molecular flexibility index (Phi) is 4.54. The van der Waals surface area contributed by atoms with E-state index in [2.05, 4.69) is 5.32 Å². The molecule has 0 spiro atoms. The third-order valence-electron chi connectivity index (χ3n) is 4.95. The highest BCUT2D eigenvalue weighted by atomic mass is 16.5. The maximum atomic E-state index is 12.8. The molecule has 2 aromatic carbocycles. The van der Waals surface area contributed by atoms with Crippen LogP contribution in [-0.2, 0) is 9.53 Å². The minimum Gasteiger partial charge on any atom is -0.452 e. The Labute approximate surface area is 157 Å². The molecule has 1 aromatic heterocycles. The lowest BCUT2D eigenvalue weighted by Crippen LogP contribution is -2.26. The quantitative estimate of drug-likeness (QED) is 0.698. The summed E-state index contributed by atoms with van der Waals surface area (Å²) in [7, 11) is 0. The molecule has 27 heavy (non-hydrogen) atoms. The van der Waals surface area contributed by atoms with Crippen LogP contribution in [0.4, 0.5) is 5.69 Å². The second-order valence-corrected chi connectivity index (χ2v) is 6.95. The first-order valence-electron chi connectivity index (χ1n) is 9.10. The molecular weight excluding hydrogens is 342 g/mol. The van der Waals surface area contributed by atoms with E-state index in [1.807, 2.05) is 32.0 Å². The van der Waals surface area contributed by atoms with Crippen LogP contribution in [0.3, 0.4) is 0 Å². The van der Waals surface area contributed by atoms with Crippen molar-refractivity contribution < 1.29 is 18.7 Å². The van der Waals surface area contributed by atoms with Gasteiger partial charge in [-0.05, 0) is 44.9 Å². The number of nitrogens with one attached hydrogen (secondary N) is 1. The molecule has 1 fully saturated rings. The highest BCUT2D eigenvalue weighted by molar-refractivity contribution is 6.10. The lowest BCUT2D eigenvalue weighted by Gasteiger charge is -2.10. The Morgan fingerprint density at radius 3 is 2.56 bits per heavy atom. The van der Waals surface area contributed by atoms with Gasteiger partial charge in [-0.3, -0.25) is 9.59 Å². The number of ketones is 1. The van der Waals surface area contributed by atoms with Crippen LogP contribution in [-0.4, -0.2) is 24.4 Å². The van der Waals surface area contributed by atoms with Gasteiger partial charge in [-0.15, -0.1) is 0 Å². The van der Waals surface area contributed by atoms with Crippen molar-refractivity contribution in [1.29, 1.82) is 0 Å². The molecule has 138 valence electrons. The molecule has 5 nitrogen and oxygen atoms in total. The molecule has 1 amide bonds. The number of hydrogen-bond donors (Lipinski definition) is 1. The molecular formula is C22H21NO4. The van der Waals surface area contributed by atoms with Crippen LogP contribution in [0, 0.1) is 13.8 Å². The van der Waals surface area contributed by atoms with Crippen molar-refractivity contribution in [3.8, 4) is 0 Å². The standard InChI is InChI=1S/C22H21NO4/c1-13-5-7-15(8-6-13)20(24)21-14(2)17-12-16(9-10-18(17)27-21)23-22(25)19-4-3-11-26-19/h5-10,12,19H,3-4,11H2,1-2H3,(H,23,25). The Bertz CT molecular complexity index is 1010. The van der Waals surface area contributed by atoms with Crippen molar-refractivity contribution in [1.82, 2.24) is 0 Å². The molecule has 1 saturated heterocycles. The van der Waals surface area contributed by atoms with Gasteiger partial charge in [0.15, 0.2) is 5.76 Å². The molecule has 1 aliphatic heterocycles. The van der Waals surface area contributed by atoms with Crippen molar-refractivity contribution >= 4 is 28.3 Å². The van der Waals surface area contributed by atoms with E-state index in [1.165, 1.54) is 0 Å². The topological polar surface area (TPSA) is 68.5 Å². The maximum absolute atomic E-state index is 12.8. The van der Waals surface area contributed by atoms with Crippen LogP contribution in [0.25, 0.3) is 11.0 Å². The van der Waals surface area contributed by atoms with E-state index in [1.54, 1.807) is 24.3 Å². The first kappa shape index (κ1) is 17.5. The summed E-state index contributed by atoms with van der Waals surface area (Å²) >= 11 is 0. The van der Waals surface area contributed by atoms with Gasteiger partial charge in [-0.2, -0.15) is 0 Å². The second-order valence-electron chi connectivity index (χ2n) is 6.95. The summed E-state index contributed by atoms with van der Waals surface area (Å²) in [5, 5.41) is 3.70. The third-order valence-corrected chi connectivity index (χ3v) is 4.95. The number of anilines is 1. The van der Waals surface area contributed by atoms with Crippen molar-refractivity contribution in [2.75, 3.05) is 11.9 Å². The van der Waals surface area contributed by atoms with Gasteiger partial charge in [-0.1, -0.05) is 29.8 Å². The maximum Gasteiger partial charge on any atom is 0.253 e. The van der Waals surface area contributed by atoms with Gasteiger partial charge in [0.1, 0.15) is 11.7 Å². The zero-order chi connectivity index (χ0) is 19.0. The van der Waals surface area contributed by atoms with Crippen molar-refractivity contribution in [3.05, 3.63) is 64.9 Å². The van der Waals surface area contributed by atoms with E-state index in [9.17, 15) is 9.59 Å². The van der Waals surface area contributed by atoms with E-state index >= 15 is 0 Å². The number of carbonyl (C=O) groups is 2. The summed E-state index contributed by atoms with van der Waals surface area (Å²) < 4.78 is 11.2. The lowest BCUT2D eigenvalue weighted by atomic mass is 10.0. The largest absolute Gasteiger partial charge is 0.452 e. The molecule has 5 heteroatoms. The summed E-state index contributed by atoms with van der Waals surface area (Å²) in [4.78, 5) is 25.1. The SMILES string of the molecule is Cc1ccc(C(=O)c2oc3ccc(NC(=O)C4CCCO4)cc3c2C)cc1. The van der Waals surface area contributed by atoms with Gasteiger partial charge >= 0.3 is 0 Å². The fourth-order valence-electron chi connectivity index (χ4n) is 3.36. The van der Waals surface area contributed by atoms with Crippen LogP contribution < -0.4 is 5.32 Å². The van der Waals surface area contributed by atoms with E-state index < -0.39 is 0 Å². The Morgan fingerprint density at radius 2 is 1.85 bits per heavy atom. The van der Waals surface area contributed by atoms with Crippen molar-refractivity contribution in [2.45, 2.75) is 32.8 Å². The van der Waals surface area contributed by atoms with Gasteiger partial charge in [0.05, 0.1) is 0 Å². The summed E-state index contributed by atoms with van der Waals surface area (Å²) in [5.41, 5.74) is 3.75. The molecule has 0 radical (unpaired) electrons. The van der Waals surface area contributed by atoms with Crippen LogP contribution in [0.1, 0.15) is 40.1 Å². The third kappa shape index (κ3) is 3.38. The number of amides is 1. The molecule has 0 saturated carbocycles. The van der Waals surface area contributed by atoms with E-state index in [0.717, 1.165) is 29.4 Å². The summed E-state index contributed by atoms with van der Waals surface area (Å²) in [5.74, 6) is 0.0500. The minimum atomic E-state index is -0.384. The highest BCUT2D eigenvalue weighted by Crippen LogP contribution is 2.30. The molecule has 0 aliphatic carbocycles. The second kappa shape index (κ2) is 7.00. The first-order valence-corrected chi connectivity index (χ1v) is 9.10. The lowest BCUT2D eigenvalue weighted by molar-refractivity contribution is -0.124. The molecule has 1 unspecified atom stereocenters. The van der Waals surface area contributed by atoms with Crippen LogP contribution in [0.15, 0.2) is 46.9 Å². The Morgan fingerprint density at radius 1 is 1.07 bits per heavy atom. The fraction of sp³-hybridized carbons (Fsp3) is 0.273. The summed E-state index contributed by atoms with van der Waals surface area (Å²) in [6.45, 7) is 4.47. The van der Waals surface area contributed by atoms with Crippen LogP contribution in [0.5, 0.6) is 0 Å². The highest BCUT2D eigenvalue weighted by Gasteiger charge is 2.24. The normalized spacial score (nSPS) is 16.6. The predicted molar refractivity (Wildman–Crippen MR) is 103 cm³/mol. The number of aryl methyl sites for hydroxylation is 2. The smallest absolute Gasteiger partial charge is 0.253 e. The summed E-state index contributed by atoms with van der Waals surface area (Å²) in [6, 6.07) is 12.8. The van der Waals surface area contributed by atoms with Crippen molar-refractivity contribution in [3.63, 3.8) is 0 Å². The number of rotatable bonds is 4. The van der Waals surface area contributed by atoms with Gasteiger partial charge < -0.3 is 14.5 Å². The Balaban J connectivity index is 1.62. The molecule has 2 heterocycles. The molecule has 0 bridgehead atoms. The van der Waals surface area contributed by atoms with Gasteiger partial charge in [0.2, 0.25) is 5.78 Å². The van der Waals surface area contributed by atoms with Crippen LogP contribution >= 0.6 is 0 Å². The Hall–Kier alpha value is -2.92. The zero-order valence-corrected chi connectivity index (χ0v) is 15.4. The number of ether oxygens (including phenoxy) is 1. The monoisotopic (exact) mass is 363 g/mol. The minimum absolute atomic E-state index is 0.135. The number of hydrogen-bond acceptors (Lipinski definition) is 4. The number of furan rings is 1. The van der Waals surface area contributed by atoms with Gasteiger partial charge in [0, 0.05) is 28.8 Å². The predicted octanol–water partition coefficient (Wildman–Crippen LogP) is 4.40. The molecule has 1 atom stereocenters. The fourth-order valence-corrected chi connectivity index (χ4v) is 3.36. The number of fused-ring (bicyclic) bond motifs is 1. The van der Waals surface area contributed by atoms with E-state index in [0.29, 0.717) is 29.2 Å². The summed E-state index contributed by atoms with van der Waals surface area (Å²) in [6.07, 6.45) is 1.26. The van der Waals surface area contributed by atoms with Crippen LogP contribution in [0.2, 0.25) is 0 Å².